The standard InChI is InChI=1S/C23H20F2N2O2S/c1-15-6-5-13-27(14-15)20(22(30)26-19-8-4-3-7-16(19)2)21(28)17-9-11-18(12-10-17)29-23(24)25/h3-14,23H,1-2H3,(H-,26,28,30). The normalized spacial score (nSPS) is 11.8. The fraction of sp³-hybridized carbons (Fsp3) is 0.130. The molecule has 0 spiro atoms. The third-order valence-corrected chi connectivity index (χ3v) is 4.67. The monoisotopic (exact) mass is 426 g/mol. The van der Waals surface area contributed by atoms with Gasteiger partial charge in [-0.3, -0.25) is 0 Å². The third-order valence-electron chi connectivity index (χ3n) is 4.37. The van der Waals surface area contributed by atoms with E-state index in [0.717, 1.165) is 16.8 Å². The first-order chi connectivity index (χ1) is 14.3. The van der Waals surface area contributed by atoms with Crippen LogP contribution in [0.25, 0.3) is 11.5 Å². The molecule has 154 valence electrons. The predicted molar refractivity (Wildman–Crippen MR) is 115 cm³/mol. The van der Waals surface area contributed by atoms with E-state index >= 15 is 0 Å². The molecule has 0 amide bonds. The lowest BCUT2D eigenvalue weighted by Gasteiger charge is -2.18. The molecule has 0 atom stereocenters. The summed E-state index contributed by atoms with van der Waals surface area (Å²) in [6, 6.07) is 16.9. The number of nitrogens with zero attached hydrogens (tertiary/aromatic N) is 1. The molecule has 0 aliphatic heterocycles. The SMILES string of the molecule is Cc1ccc[n+](C(C(=S)Nc2ccccc2C)=C([O-])c2ccc(OC(F)F)cc2)c1. The second-order valence-electron chi connectivity index (χ2n) is 6.64. The largest absolute Gasteiger partial charge is 0.867 e. The zero-order chi connectivity index (χ0) is 21.7. The fourth-order valence-corrected chi connectivity index (χ4v) is 3.20. The number of pyridine rings is 1. The smallest absolute Gasteiger partial charge is 0.387 e. The lowest BCUT2D eigenvalue weighted by molar-refractivity contribution is -0.578. The maximum Gasteiger partial charge on any atom is 0.387 e. The lowest BCUT2D eigenvalue weighted by Crippen LogP contribution is -2.40. The van der Waals surface area contributed by atoms with Gasteiger partial charge in [-0.25, -0.2) is 0 Å². The van der Waals surface area contributed by atoms with Gasteiger partial charge in [0, 0.05) is 17.3 Å². The summed E-state index contributed by atoms with van der Waals surface area (Å²) in [5, 5.41) is 16.5. The Morgan fingerprint density at radius 2 is 1.73 bits per heavy atom. The Morgan fingerprint density at radius 3 is 2.37 bits per heavy atom. The summed E-state index contributed by atoms with van der Waals surface area (Å²) in [4.78, 5) is 0.248. The Hall–Kier alpha value is -3.32. The van der Waals surface area contributed by atoms with Crippen molar-refractivity contribution in [1.29, 1.82) is 0 Å². The molecule has 0 aliphatic rings. The maximum absolute atomic E-state index is 13.3. The van der Waals surface area contributed by atoms with E-state index in [1.54, 1.807) is 17.0 Å². The van der Waals surface area contributed by atoms with E-state index in [1.807, 2.05) is 50.2 Å². The number of hydrogen-bond acceptors (Lipinski definition) is 3. The Bertz CT molecular complexity index is 1080. The van der Waals surface area contributed by atoms with Crippen LogP contribution in [0.4, 0.5) is 14.5 Å². The summed E-state index contributed by atoms with van der Waals surface area (Å²) in [7, 11) is 0. The summed E-state index contributed by atoms with van der Waals surface area (Å²) in [6.07, 6.45) is 3.54. The quantitative estimate of drug-likeness (QED) is 0.276. The van der Waals surface area contributed by atoms with E-state index in [2.05, 4.69) is 10.1 Å². The van der Waals surface area contributed by atoms with Gasteiger partial charge < -0.3 is 15.2 Å². The Kier molecular flexibility index (Phi) is 6.74. The number of rotatable bonds is 6. The minimum atomic E-state index is -2.93. The van der Waals surface area contributed by atoms with Crippen molar-refractivity contribution in [3.8, 4) is 5.75 Å². The van der Waals surface area contributed by atoms with Crippen molar-refractivity contribution in [2.75, 3.05) is 5.32 Å². The highest BCUT2D eigenvalue weighted by atomic mass is 32.1. The number of halogens is 2. The van der Waals surface area contributed by atoms with Crippen molar-refractivity contribution < 1.29 is 23.2 Å². The second kappa shape index (κ2) is 9.45. The van der Waals surface area contributed by atoms with Crippen molar-refractivity contribution >= 4 is 34.3 Å². The molecule has 1 aromatic heterocycles. The van der Waals surface area contributed by atoms with Crippen molar-refractivity contribution in [2.45, 2.75) is 20.5 Å². The van der Waals surface area contributed by atoms with Crippen LogP contribution in [0.15, 0.2) is 73.1 Å². The lowest BCUT2D eigenvalue weighted by atomic mass is 10.1. The van der Waals surface area contributed by atoms with E-state index in [-0.39, 0.29) is 22.2 Å². The van der Waals surface area contributed by atoms with Gasteiger partial charge in [0.1, 0.15) is 5.75 Å². The number of aromatic nitrogens is 1. The molecule has 0 bridgehead atoms. The van der Waals surface area contributed by atoms with E-state index < -0.39 is 6.61 Å². The minimum absolute atomic E-state index is 0.0214. The second-order valence-corrected chi connectivity index (χ2v) is 7.05. The van der Waals surface area contributed by atoms with Crippen LogP contribution in [0, 0.1) is 13.8 Å². The number of para-hydroxylation sites is 1. The van der Waals surface area contributed by atoms with Gasteiger partial charge >= 0.3 is 6.61 Å². The number of benzene rings is 2. The number of aryl methyl sites for hydroxylation is 2. The van der Waals surface area contributed by atoms with Crippen molar-refractivity contribution in [2.24, 2.45) is 0 Å². The average Bonchev–Trinajstić information content (AvgIpc) is 2.70. The van der Waals surface area contributed by atoms with E-state index in [4.69, 9.17) is 12.2 Å². The topological polar surface area (TPSA) is 48.2 Å². The van der Waals surface area contributed by atoms with E-state index in [0.29, 0.717) is 5.56 Å². The molecule has 30 heavy (non-hydrogen) atoms. The van der Waals surface area contributed by atoms with Crippen LogP contribution in [0.1, 0.15) is 16.7 Å². The van der Waals surface area contributed by atoms with Crippen LogP contribution in [-0.2, 0) is 0 Å². The van der Waals surface area contributed by atoms with Crippen LogP contribution in [0.3, 0.4) is 0 Å². The molecular formula is C23H20F2N2O2S. The molecule has 0 aliphatic carbocycles. The highest BCUT2D eigenvalue weighted by Crippen LogP contribution is 2.22. The molecule has 3 rings (SSSR count). The van der Waals surface area contributed by atoms with Gasteiger partial charge in [0.15, 0.2) is 17.4 Å². The van der Waals surface area contributed by atoms with Gasteiger partial charge in [0.05, 0.1) is 0 Å². The van der Waals surface area contributed by atoms with Gasteiger partial charge in [0.2, 0.25) is 5.70 Å². The third kappa shape index (κ3) is 5.18. The number of thiocarbonyl (C=S) groups is 1. The van der Waals surface area contributed by atoms with Gasteiger partial charge in [-0.15, -0.1) is 0 Å². The number of alkyl halides is 2. The molecule has 0 radical (unpaired) electrons. The highest BCUT2D eigenvalue weighted by molar-refractivity contribution is 7.81. The average molecular weight is 426 g/mol. The molecule has 2 aromatic carbocycles. The van der Waals surface area contributed by atoms with Crippen molar-refractivity contribution in [1.82, 2.24) is 0 Å². The van der Waals surface area contributed by atoms with E-state index in [9.17, 15) is 13.9 Å². The summed E-state index contributed by atoms with van der Waals surface area (Å²) in [6.45, 7) is 0.920. The highest BCUT2D eigenvalue weighted by Gasteiger charge is 2.20. The van der Waals surface area contributed by atoms with Crippen molar-refractivity contribution in [3.05, 3.63) is 89.7 Å². The van der Waals surface area contributed by atoms with E-state index in [1.165, 1.54) is 24.3 Å². The maximum atomic E-state index is 13.3. The van der Waals surface area contributed by atoms with Crippen LogP contribution >= 0.6 is 12.2 Å². The zero-order valence-electron chi connectivity index (χ0n) is 16.4. The van der Waals surface area contributed by atoms with Crippen LogP contribution in [0.5, 0.6) is 5.75 Å². The molecule has 4 nitrogen and oxygen atoms in total. The van der Waals surface area contributed by atoms with Crippen LogP contribution in [0.2, 0.25) is 0 Å². The first-order valence-electron chi connectivity index (χ1n) is 9.17. The molecule has 3 aromatic rings. The molecule has 0 saturated carbocycles. The molecule has 0 saturated heterocycles. The van der Waals surface area contributed by atoms with Gasteiger partial charge in [-0.2, -0.15) is 13.3 Å². The summed E-state index contributed by atoms with van der Waals surface area (Å²) < 4.78 is 30.8. The van der Waals surface area contributed by atoms with Crippen molar-refractivity contribution in [3.63, 3.8) is 0 Å². The molecule has 0 unspecified atom stereocenters. The van der Waals surface area contributed by atoms with Crippen LogP contribution < -0.4 is 19.7 Å². The first kappa shape index (κ1) is 21.4. The molecular weight excluding hydrogens is 406 g/mol. The predicted octanol–water partition coefficient (Wildman–Crippen LogP) is 4.32. The van der Waals surface area contributed by atoms with Gasteiger partial charge in [0.25, 0.3) is 0 Å². The molecule has 7 heteroatoms. The number of ether oxygens (including phenoxy) is 1. The number of hydrogen-bond donors (Lipinski definition) is 1. The number of anilines is 1. The van der Waals surface area contributed by atoms with Crippen LogP contribution in [-0.4, -0.2) is 11.6 Å². The molecule has 1 heterocycles. The summed E-state index contributed by atoms with van der Waals surface area (Å²) in [5.41, 5.74) is 3.27. The Labute approximate surface area is 179 Å². The fourth-order valence-electron chi connectivity index (χ4n) is 2.89. The van der Waals surface area contributed by atoms with Gasteiger partial charge in [-0.05, 0) is 55.0 Å². The molecule has 1 N–H and O–H groups in total. The van der Waals surface area contributed by atoms with Gasteiger partial charge in [-0.1, -0.05) is 42.5 Å². The summed E-state index contributed by atoms with van der Waals surface area (Å²) in [5.74, 6) is -0.368. The minimum Gasteiger partial charge on any atom is -0.867 e. The Balaban J connectivity index is 2.04. The zero-order valence-corrected chi connectivity index (χ0v) is 17.2. The molecule has 0 fully saturated rings. The Morgan fingerprint density at radius 1 is 1.03 bits per heavy atom. The number of nitrogens with one attached hydrogen (secondary N) is 1. The first-order valence-corrected chi connectivity index (χ1v) is 9.58. The summed E-state index contributed by atoms with van der Waals surface area (Å²) >= 11 is 5.59.